The second-order valence-corrected chi connectivity index (χ2v) is 8.06. The van der Waals surface area contributed by atoms with Gasteiger partial charge in [-0.25, -0.2) is 12.8 Å². The normalized spacial score (nSPS) is 15.6. The number of anilines is 1. The maximum atomic E-state index is 13.4. The fourth-order valence-electron chi connectivity index (χ4n) is 2.88. The van der Waals surface area contributed by atoms with Gasteiger partial charge in [-0.2, -0.15) is 0 Å². The first-order chi connectivity index (χ1) is 12.2. The van der Waals surface area contributed by atoms with Crippen molar-refractivity contribution in [3.05, 3.63) is 30.1 Å². The molecule has 1 fully saturated rings. The van der Waals surface area contributed by atoms with Gasteiger partial charge in [0.25, 0.3) is 0 Å². The molecule has 0 atom stereocenters. The number of piperidine rings is 1. The van der Waals surface area contributed by atoms with E-state index in [1.165, 1.54) is 23.1 Å². The molecule has 0 aliphatic carbocycles. The molecular weight excluding hydrogens is 363 g/mol. The standard InChI is InChI=1S/C17H23FN2O5S/c1-3-25-17(22)13-7-9-19(10-8-13)16(21)12-20(26(2,23)24)15-6-4-5-14(18)11-15/h4-6,11,13H,3,7-10,12H2,1-2H3. The quantitative estimate of drug-likeness (QED) is 0.690. The molecule has 2 rings (SSSR count). The molecule has 7 nitrogen and oxygen atoms in total. The van der Waals surface area contributed by atoms with E-state index in [2.05, 4.69) is 0 Å². The second kappa shape index (κ2) is 8.48. The lowest BCUT2D eigenvalue weighted by Crippen LogP contribution is -2.46. The summed E-state index contributed by atoms with van der Waals surface area (Å²) in [5, 5.41) is 0. The van der Waals surface area contributed by atoms with Gasteiger partial charge >= 0.3 is 5.97 Å². The van der Waals surface area contributed by atoms with Crippen LogP contribution in [0.2, 0.25) is 0 Å². The van der Waals surface area contributed by atoms with Crippen LogP contribution >= 0.6 is 0 Å². The fourth-order valence-corrected chi connectivity index (χ4v) is 3.72. The minimum atomic E-state index is -3.75. The average Bonchev–Trinajstić information content (AvgIpc) is 2.58. The Bertz CT molecular complexity index is 760. The number of amides is 1. The van der Waals surface area contributed by atoms with E-state index in [0.717, 1.165) is 16.6 Å². The van der Waals surface area contributed by atoms with Gasteiger partial charge in [-0.05, 0) is 38.0 Å². The van der Waals surface area contributed by atoms with Crippen LogP contribution in [0.3, 0.4) is 0 Å². The number of halogens is 1. The molecule has 0 unspecified atom stereocenters. The molecule has 0 N–H and O–H groups in total. The van der Waals surface area contributed by atoms with Crippen molar-refractivity contribution in [2.24, 2.45) is 5.92 Å². The summed E-state index contributed by atoms with van der Waals surface area (Å²) in [5.41, 5.74) is 0.0993. The smallest absolute Gasteiger partial charge is 0.309 e. The molecule has 1 aliphatic rings. The van der Waals surface area contributed by atoms with E-state index in [9.17, 15) is 22.4 Å². The number of carbonyl (C=O) groups excluding carboxylic acids is 2. The summed E-state index contributed by atoms with van der Waals surface area (Å²) in [6.45, 7) is 2.34. The van der Waals surface area contributed by atoms with Crippen molar-refractivity contribution in [1.82, 2.24) is 4.90 Å². The van der Waals surface area contributed by atoms with Crippen LogP contribution in [-0.2, 0) is 24.3 Å². The van der Waals surface area contributed by atoms with E-state index in [-0.39, 0.29) is 23.5 Å². The van der Waals surface area contributed by atoms with E-state index in [4.69, 9.17) is 4.74 Å². The average molecular weight is 386 g/mol. The third-order valence-corrected chi connectivity index (χ3v) is 5.38. The minimum Gasteiger partial charge on any atom is -0.466 e. The lowest BCUT2D eigenvalue weighted by atomic mass is 9.97. The first-order valence-electron chi connectivity index (χ1n) is 8.40. The first kappa shape index (κ1) is 20.2. The molecule has 0 aromatic heterocycles. The van der Waals surface area contributed by atoms with Crippen LogP contribution in [0.1, 0.15) is 19.8 Å². The Morgan fingerprint density at radius 1 is 1.31 bits per heavy atom. The zero-order valence-corrected chi connectivity index (χ0v) is 15.7. The Hall–Kier alpha value is -2.16. The molecule has 1 saturated heterocycles. The van der Waals surface area contributed by atoms with Gasteiger partial charge in [0, 0.05) is 13.1 Å². The number of esters is 1. The summed E-state index contributed by atoms with van der Waals surface area (Å²) < 4.78 is 43.4. The van der Waals surface area contributed by atoms with Crippen LogP contribution in [0, 0.1) is 11.7 Å². The van der Waals surface area contributed by atoms with Crippen LogP contribution in [0.15, 0.2) is 24.3 Å². The highest BCUT2D eigenvalue weighted by atomic mass is 32.2. The molecule has 0 spiro atoms. The maximum absolute atomic E-state index is 13.4. The second-order valence-electron chi connectivity index (χ2n) is 6.16. The molecule has 0 radical (unpaired) electrons. The van der Waals surface area contributed by atoms with Gasteiger partial charge in [0.05, 0.1) is 24.5 Å². The highest BCUT2D eigenvalue weighted by Crippen LogP contribution is 2.21. The maximum Gasteiger partial charge on any atom is 0.309 e. The molecule has 1 amide bonds. The Morgan fingerprint density at radius 3 is 2.50 bits per heavy atom. The van der Waals surface area contributed by atoms with Gasteiger partial charge in [0.1, 0.15) is 12.4 Å². The van der Waals surface area contributed by atoms with Gasteiger partial charge in [0.15, 0.2) is 0 Å². The lowest BCUT2D eigenvalue weighted by Gasteiger charge is -2.32. The minimum absolute atomic E-state index is 0.0993. The molecule has 26 heavy (non-hydrogen) atoms. The number of hydrogen-bond acceptors (Lipinski definition) is 5. The van der Waals surface area contributed by atoms with Gasteiger partial charge in [-0.3, -0.25) is 13.9 Å². The number of ether oxygens (including phenoxy) is 1. The van der Waals surface area contributed by atoms with Crippen molar-refractivity contribution in [3.8, 4) is 0 Å². The largest absolute Gasteiger partial charge is 0.466 e. The van der Waals surface area contributed by atoms with Crippen molar-refractivity contribution in [1.29, 1.82) is 0 Å². The fraction of sp³-hybridized carbons (Fsp3) is 0.529. The Kier molecular flexibility index (Phi) is 6.57. The SMILES string of the molecule is CCOC(=O)C1CCN(C(=O)CN(c2cccc(F)c2)S(C)(=O)=O)CC1. The summed E-state index contributed by atoms with van der Waals surface area (Å²) in [5.74, 6) is -1.48. The summed E-state index contributed by atoms with van der Waals surface area (Å²) in [7, 11) is -3.75. The van der Waals surface area contributed by atoms with Crippen molar-refractivity contribution in [2.45, 2.75) is 19.8 Å². The van der Waals surface area contributed by atoms with Crippen LogP contribution in [-0.4, -0.2) is 57.7 Å². The van der Waals surface area contributed by atoms with Gasteiger partial charge < -0.3 is 9.64 Å². The molecule has 0 bridgehead atoms. The zero-order valence-electron chi connectivity index (χ0n) is 14.9. The summed E-state index contributed by atoms with van der Waals surface area (Å²) >= 11 is 0. The molecule has 1 aromatic carbocycles. The Morgan fingerprint density at radius 2 is 1.96 bits per heavy atom. The predicted molar refractivity (Wildman–Crippen MR) is 94.5 cm³/mol. The van der Waals surface area contributed by atoms with Gasteiger partial charge in [0.2, 0.25) is 15.9 Å². The van der Waals surface area contributed by atoms with E-state index < -0.39 is 22.4 Å². The molecule has 1 aliphatic heterocycles. The van der Waals surface area contributed by atoms with Gasteiger partial charge in [-0.15, -0.1) is 0 Å². The van der Waals surface area contributed by atoms with Crippen LogP contribution in [0.25, 0.3) is 0 Å². The summed E-state index contributed by atoms with van der Waals surface area (Å²) in [6.07, 6.45) is 1.92. The van der Waals surface area contributed by atoms with Crippen LogP contribution in [0.5, 0.6) is 0 Å². The van der Waals surface area contributed by atoms with Crippen molar-refractivity contribution < 1.29 is 27.1 Å². The zero-order chi connectivity index (χ0) is 19.3. The highest BCUT2D eigenvalue weighted by Gasteiger charge is 2.30. The van der Waals surface area contributed by atoms with Gasteiger partial charge in [-0.1, -0.05) is 6.07 Å². The van der Waals surface area contributed by atoms with Crippen molar-refractivity contribution >= 4 is 27.6 Å². The number of hydrogen-bond donors (Lipinski definition) is 0. The van der Waals surface area contributed by atoms with E-state index in [1.54, 1.807) is 6.92 Å². The van der Waals surface area contributed by atoms with E-state index in [0.29, 0.717) is 32.5 Å². The Balaban J connectivity index is 2.04. The van der Waals surface area contributed by atoms with E-state index in [1.807, 2.05) is 0 Å². The first-order valence-corrected chi connectivity index (χ1v) is 10.2. The molecule has 144 valence electrons. The number of sulfonamides is 1. The molecule has 0 saturated carbocycles. The number of rotatable bonds is 6. The van der Waals surface area contributed by atoms with Crippen LogP contribution in [0.4, 0.5) is 10.1 Å². The number of benzene rings is 1. The molecule has 1 heterocycles. The number of carbonyl (C=O) groups is 2. The van der Waals surface area contributed by atoms with E-state index >= 15 is 0 Å². The highest BCUT2D eigenvalue weighted by molar-refractivity contribution is 7.92. The number of likely N-dealkylation sites (tertiary alicyclic amines) is 1. The molecule has 9 heteroatoms. The topological polar surface area (TPSA) is 84.0 Å². The Labute approximate surface area is 152 Å². The predicted octanol–water partition coefficient (Wildman–Crippen LogP) is 1.39. The molecular formula is C17H23FN2O5S. The number of nitrogens with zero attached hydrogens (tertiary/aromatic N) is 2. The third kappa shape index (κ3) is 5.17. The third-order valence-electron chi connectivity index (χ3n) is 4.24. The summed E-state index contributed by atoms with van der Waals surface area (Å²) in [6, 6.07) is 5.09. The summed E-state index contributed by atoms with van der Waals surface area (Å²) in [4.78, 5) is 25.8. The van der Waals surface area contributed by atoms with Crippen molar-refractivity contribution in [2.75, 3.05) is 36.8 Å². The van der Waals surface area contributed by atoms with Crippen molar-refractivity contribution in [3.63, 3.8) is 0 Å². The lowest BCUT2D eigenvalue weighted by molar-refractivity contribution is -0.151. The monoisotopic (exact) mass is 386 g/mol. The van der Waals surface area contributed by atoms with Crippen LogP contribution < -0.4 is 4.31 Å². The molecule has 1 aromatic rings.